The van der Waals surface area contributed by atoms with Crippen LogP contribution in [0.25, 0.3) is 5.82 Å². The maximum atomic E-state index is 13.1. The van der Waals surface area contributed by atoms with Crippen molar-refractivity contribution < 1.29 is 13.3 Å². The number of aromatic nitrogens is 4. The minimum absolute atomic E-state index is 0.0328. The molecule has 156 valence electrons. The van der Waals surface area contributed by atoms with Gasteiger partial charge in [0.2, 0.25) is 10.0 Å². The van der Waals surface area contributed by atoms with Gasteiger partial charge in [0.05, 0.1) is 9.82 Å². The average molecular weight is 429 g/mol. The lowest BCUT2D eigenvalue weighted by Gasteiger charge is -2.34. The first-order valence-corrected chi connectivity index (χ1v) is 10.6. The topological polar surface area (TPSA) is 127 Å². The van der Waals surface area contributed by atoms with Gasteiger partial charge in [0.1, 0.15) is 6.33 Å². The van der Waals surface area contributed by atoms with Crippen molar-refractivity contribution in [1.29, 1.82) is 0 Å². The van der Waals surface area contributed by atoms with Crippen molar-refractivity contribution in [2.75, 3.05) is 31.1 Å². The van der Waals surface area contributed by atoms with E-state index in [0.29, 0.717) is 30.3 Å². The smallest absolute Gasteiger partial charge is 0.270 e. The molecule has 30 heavy (non-hydrogen) atoms. The molecule has 0 amide bonds. The molecule has 2 aromatic heterocycles. The molecule has 1 aliphatic heterocycles. The van der Waals surface area contributed by atoms with Crippen molar-refractivity contribution >= 4 is 21.5 Å². The molecule has 0 radical (unpaired) electrons. The monoisotopic (exact) mass is 429 g/mol. The number of nitro benzene ring substituents is 1. The van der Waals surface area contributed by atoms with Crippen molar-refractivity contribution in [2.24, 2.45) is 0 Å². The minimum atomic E-state index is -3.83. The Morgan fingerprint density at radius 1 is 1.03 bits per heavy atom. The lowest BCUT2D eigenvalue weighted by Crippen LogP contribution is -2.49. The summed E-state index contributed by atoms with van der Waals surface area (Å²) >= 11 is 0. The average Bonchev–Trinajstić information content (AvgIpc) is 3.29. The van der Waals surface area contributed by atoms with Crippen molar-refractivity contribution in [3.05, 3.63) is 64.7 Å². The highest BCUT2D eigenvalue weighted by Crippen LogP contribution is 2.26. The van der Waals surface area contributed by atoms with Crippen LogP contribution in [0.15, 0.2) is 53.9 Å². The Morgan fingerprint density at radius 3 is 2.33 bits per heavy atom. The molecule has 0 N–H and O–H groups in total. The molecule has 0 saturated carbocycles. The largest absolute Gasteiger partial charge is 0.352 e. The van der Waals surface area contributed by atoms with Gasteiger partial charge in [-0.15, -0.1) is 10.2 Å². The second-order valence-corrected chi connectivity index (χ2v) is 8.72. The molecule has 0 unspecified atom stereocenters. The Hall–Kier alpha value is -3.38. The summed E-state index contributed by atoms with van der Waals surface area (Å²) < 4.78 is 29.2. The molecule has 1 fully saturated rings. The van der Waals surface area contributed by atoms with Gasteiger partial charge >= 0.3 is 0 Å². The lowest BCUT2D eigenvalue weighted by molar-refractivity contribution is -0.385. The Kier molecular flexibility index (Phi) is 5.18. The van der Waals surface area contributed by atoms with E-state index >= 15 is 0 Å². The number of hydrogen-bond donors (Lipinski definition) is 0. The van der Waals surface area contributed by atoms with Crippen LogP contribution in [-0.4, -0.2) is 63.6 Å². The Balaban J connectivity index is 1.48. The molecular weight excluding hydrogens is 410 g/mol. The first kappa shape index (κ1) is 19.9. The van der Waals surface area contributed by atoms with Crippen LogP contribution in [0.1, 0.15) is 5.56 Å². The molecule has 4 rings (SSSR count). The number of anilines is 1. The zero-order valence-electron chi connectivity index (χ0n) is 16.1. The van der Waals surface area contributed by atoms with Crippen molar-refractivity contribution in [1.82, 2.24) is 24.1 Å². The second-order valence-electron chi connectivity index (χ2n) is 6.82. The number of nitro groups is 1. The predicted octanol–water partition coefficient (Wildman–Crippen LogP) is 1.39. The fourth-order valence-electron chi connectivity index (χ4n) is 3.30. The lowest BCUT2D eigenvalue weighted by atomic mass is 10.2. The fourth-order valence-corrected chi connectivity index (χ4v) is 4.96. The molecule has 0 bridgehead atoms. The number of non-ortho nitro benzene ring substituents is 1. The number of sulfonamides is 1. The fraction of sp³-hybridized carbons (Fsp3) is 0.278. The summed E-state index contributed by atoms with van der Waals surface area (Å²) in [4.78, 5) is 16.3. The number of nitrogens with zero attached hydrogens (tertiary/aromatic N) is 7. The summed E-state index contributed by atoms with van der Waals surface area (Å²) in [5.41, 5.74) is 0.232. The maximum Gasteiger partial charge on any atom is 0.270 e. The third-order valence-corrected chi connectivity index (χ3v) is 7.01. The quantitative estimate of drug-likeness (QED) is 0.440. The molecule has 3 aromatic rings. The number of imidazole rings is 1. The third-order valence-electron chi connectivity index (χ3n) is 4.97. The SMILES string of the molecule is Cc1ccc([N+](=O)[O-])cc1S(=O)(=O)N1CCN(c2ccc(-n3ccnc3)nn2)CC1. The van der Waals surface area contributed by atoms with Crippen LogP contribution in [0.2, 0.25) is 0 Å². The zero-order valence-corrected chi connectivity index (χ0v) is 16.9. The van der Waals surface area contributed by atoms with Gasteiger partial charge in [-0.3, -0.25) is 14.7 Å². The number of rotatable bonds is 5. The number of piperazine rings is 1. The van der Waals surface area contributed by atoms with Crippen molar-refractivity contribution in [3.8, 4) is 5.82 Å². The summed E-state index contributed by atoms with van der Waals surface area (Å²) in [5.74, 6) is 1.29. The minimum Gasteiger partial charge on any atom is -0.352 e. The first-order valence-electron chi connectivity index (χ1n) is 9.18. The Morgan fingerprint density at radius 2 is 1.73 bits per heavy atom. The standard InChI is InChI=1S/C18H19N7O4S/c1-14-2-3-15(25(26)27)12-16(14)30(28,29)24-10-8-22(9-11-24)17-4-5-18(21-20-17)23-7-6-19-13-23/h2-7,12-13H,8-11H2,1H3. The highest BCUT2D eigenvalue weighted by molar-refractivity contribution is 7.89. The molecule has 12 heteroatoms. The summed E-state index contributed by atoms with van der Waals surface area (Å²) in [7, 11) is -3.83. The van der Waals surface area contributed by atoms with Crippen LogP contribution in [-0.2, 0) is 10.0 Å². The van der Waals surface area contributed by atoms with Crippen LogP contribution in [0, 0.1) is 17.0 Å². The third kappa shape index (κ3) is 3.74. The summed E-state index contributed by atoms with van der Waals surface area (Å²) in [5, 5.41) is 19.5. The van der Waals surface area contributed by atoms with E-state index in [4.69, 9.17) is 0 Å². The van der Waals surface area contributed by atoms with Crippen LogP contribution < -0.4 is 4.90 Å². The van der Waals surface area contributed by atoms with Gasteiger partial charge in [0.15, 0.2) is 11.6 Å². The van der Waals surface area contributed by atoms with E-state index in [9.17, 15) is 18.5 Å². The molecule has 1 aromatic carbocycles. The van der Waals surface area contributed by atoms with E-state index < -0.39 is 14.9 Å². The second kappa shape index (κ2) is 7.80. The molecule has 1 aliphatic rings. The molecular formula is C18H19N7O4S. The highest BCUT2D eigenvalue weighted by atomic mass is 32.2. The molecule has 0 spiro atoms. The molecule has 3 heterocycles. The van der Waals surface area contributed by atoms with Crippen LogP contribution in [0.5, 0.6) is 0 Å². The number of aryl methyl sites for hydroxylation is 1. The normalized spacial score (nSPS) is 15.3. The van der Waals surface area contributed by atoms with Crippen LogP contribution in [0.3, 0.4) is 0 Å². The van der Waals surface area contributed by atoms with E-state index in [1.165, 1.54) is 16.4 Å². The van der Waals surface area contributed by atoms with Crippen LogP contribution >= 0.6 is 0 Å². The highest BCUT2D eigenvalue weighted by Gasteiger charge is 2.31. The van der Waals surface area contributed by atoms with Gasteiger partial charge in [-0.25, -0.2) is 13.4 Å². The van der Waals surface area contributed by atoms with Crippen molar-refractivity contribution in [2.45, 2.75) is 11.8 Å². The van der Waals surface area contributed by atoms with E-state index in [1.54, 1.807) is 30.2 Å². The summed E-state index contributed by atoms with van der Waals surface area (Å²) in [6, 6.07) is 7.53. The summed E-state index contributed by atoms with van der Waals surface area (Å²) in [6.07, 6.45) is 5.05. The first-order chi connectivity index (χ1) is 14.4. The predicted molar refractivity (Wildman–Crippen MR) is 108 cm³/mol. The van der Waals surface area contributed by atoms with E-state index in [2.05, 4.69) is 15.2 Å². The summed E-state index contributed by atoms with van der Waals surface area (Å²) in [6.45, 7) is 2.99. The van der Waals surface area contributed by atoms with Crippen molar-refractivity contribution in [3.63, 3.8) is 0 Å². The Labute approximate surface area is 172 Å². The van der Waals surface area contributed by atoms with Gasteiger partial charge in [0, 0.05) is 50.7 Å². The van der Waals surface area contributed by atoms with Gasteiger partial charge < -0.3 is 4.90 Å². The van der Waals surface area contributed by atoms with Gasteiger partial charge in [-0.05, 0) is 24.6 Å². The molecule has 0 atom stereocenters. The number of hydrogen-bond acceptors (Lipinski definition) is 8. The Bertz CT molecular complexity index is 1160. The van der Waals surface area contributed by atoms with Gasteiger partial charge in [-0.1, -0.05) is 6.07 Å². The van der Waals surface area contributed by atoms with Gasteiger partial charge in [-0.2, -0.15) is 4.31 Å². The van der Waals surface area contributed by atoms with E-state index in [1.807, 2.05) is 17.0 Å². The van der Waals surface area contributed by atoms with Gasteiger partial charge in [0.25, 0.3) is 5.69 Å². The maximum absolute atomic E-state index is 13.1. The van der Waals surface area contributed by atoms with Crippen LogP contribution in [0.4, 0.5) is 11.5 Å². The number of benzene rings is 1. The molecule has 11 nitrogen and oxygen atoms in total. The molecule has 0 aliphatic carbocycles. The zero-order chi connectivity index (χ0) is 21.3. The van der Waals surface area contributed by atoms with E-state index in [-0.39, 0.29) is 23.7 Å². The van der Waals surface area contributed by atoms with E-state index in [0.717, 1.165) is 6.07 Å². The molecule has 1 saturated heterocycles.